The second kappa shape index (κ2) is 11.6. The number of carbonyl (C=O) groups excluding carboxylic acids is 3. The number of rotatable bonds is 7. The molecule has 0 aliphatic rings. The van der Waals surface area contributed by atoms with Gasteiger partial charge in [0, 0.05) is 10.0 Å². The van der Waals surface area contributed by atoms with Crippen LogP contribution >= 0.6 is 39.1 Å². The Morgan fingerprint density at radius 1 is 0.970 bits per heavy atom. The minimum atomic E-state index is -0.515. The second-order valence-electron chi connectivity index (χ2n) is 6.54. The maximum absolute atomic E-state index is 12.2. The van der Waals surface area contributed by atoms with Gasteiger partial charge in [-0.1, -0.05) is 35.3 Å². The first-order valence-electron chi connectivity index (χ1n) is 9.45. The Bertz CT molecular complexity index is 1220. The van der Waals surface area contributed by atoms with Gasteiger partial charge in [0.25, 0.3) is 11.8 Å². The number of esters is 1. The summed E-state index contributed by atoms with van der Waals surface area (Å²) >= 11 is 15.0. The van der Waals surface area contributed by atoms with Crippen molar-refractivity contribution < 1.29 is 19.1 Å². The van der Waals surface area contributed by atoms with Gasteiger partial charge in [-0.25, -0.2) is 10.2 Å². The fraction of sp³-hybridized carbons (Fsp3) is 0.0435. The van der Waals surface area contributed by atoms with Crippen molar-refractivity contribution in [3.63, 3.8) is 0 Å². The van der Waals surface area contributed by atoms with Gasteiger partial charge < -0.3 is 10.1 Å². The number of halogens is 3. The summed E-state index contributed by atoms with van der Waals surface area (Å²) in [6.07, 6.45) is 1.41. The normalized spacial score (nSPS) is 10.6. The first kappa shape index (κ1) is 24.4. The van der Waals surface area contributed by atoms with E-state index < -0.39 is 17.8 Å². The average molecular weight is 549 g/mol. The fourth-order valence-electron chi connectivity index (χ4n) is 2.53. The molecule has 0 atom stereocenters. The molecule has 0 radical (unpaired) electrons. The standard InChI is InChI=1S/C23H16BrCl2N3O4/c24-18-4-2-1-3-17(18)23(32)33-16-8-5-14(6-9-16)12-28-29-21(30)13-27-22(31)15-7-10-19(25)20(26)11-15/h1-12H,13H2,(H,27,31)(H,29,30). The molecule has 0 aliphatic heterocycles. The van der Waals surface area contributed by atoms with Crippen molar-refractivity contribution >= 4 is 63.1 Å². The smallest absolute Gasteiger partial charge is 0.344 e. The molecule has 0 saturated carbocycles. The van der Waals surface area contributed by atoms with Gasteiger partial charge in [0.2, 0.25) is 0 Å². The van der Waals surface area contributed by atoms with Gasteiger partial charge in [-0.05, 0) is 76.1 Å². The molecule has 2 N–H and O–H groups in total. The van der Waals surface area contributed by atoms with E-state index in [9.17, 15) is 14.4 Å². The van der Waals surface area contributed by atoms with Crippen LogP contribution in [0.5, 0.6) is 5.75 Å². The van der Waals surface area contributed by atoms with Crippen LogP contribution in [0.25, 0.3) is 0 Å². The van der Waals surface area contributed by atoms with Crippen molar-refractivity contribution in [2.45, 2.75) is 0 Å². The lowest BCUT2D eigenvalue weighted by Crippen LogP contribution is -2.34. The highest BCUT2D eigenvalue weighted by Crippen LogP contribution is 2.22. The summed E-state index contributed by atoms with van der Waals surface area (Å²) < 4.78 is 5.99. The summed E-state index contributed by atoms with van der Waals surface area (Å²) in [5.74, 6) is -1.11. The predicted octanol–water partition coefficient (Wildman–Crippen LogP) is 4.86. The third-order valence-corrected chi connectivity index (χ3v) is 5.61. The Hall–Kier alpha value is -3.20. The number of benzene rings is 3. The number of hydrogen-bond donors (Lipinski definition) is 2. The maximum atomic E-state index is 12.2. The predicted molar refractivity (Wildman–Crippen MR) is 130 cm³/mol. The monoisotopic (exact) mass is 547 g/mol. The minimum Gasteiger partial charge on any atom is -0.423 e. The van der Waals surface area contributed by atoms with Gasteiger partial charge in [0.05, 0.1) is 28.4 Å². The zero-order valence-electron chi connectivity index (χ0n) is 16.8. The Morgan fingerprint density at radius 3 is 2.39 bits per heavy atom. The molecule has 33 heavy (non-hydrogen) atoms. The number of nitrogens with one attached hydrogen (secondary N) is 2. The molecule has 3 aromatic rings. The van der Waals surface area contributed by atoms with E-state index in [0.29, 0.717) is 26.4 Å². The summed E-state index contributed by atoms with van der Waals surface area (Å²) in [6, 6.07) is 17.9. The molecule has 0 spiro atoms. The molecule has 3 aromatic carbocycles. The lowest BCUT2D eigenvalue weighted by Gasteiger charge is -2.06. The van der Waals surface area contributed by atoms with E-state index in [-0.39, 0.29) is 17.1 Å². The molecule has 3 rings (SSSR count). The van der Waals surface area contributed by atoms with Gasteiger partial charge in [0.15, 0.2) is 0 Å². The van der Waals surface area contributed by atoms with Crippen LogP contribution in [0.15, 0.2) is 76.3 Å². The van der Waals surface area contributed by atoms with Crippen LogP contribution in [-0.2, 0) is 4.79 Å². The molecule has 0 aromatic heterocycles. The Labute approximate surface area is 207 Å². The Balaban J connectivity index is 1.46. The number of hydrogen-bond acceptors (Lipinski definition) is 5. The van der Waals surface area contributed by atoms with Gasteiger partial charge in [0.1, 0.15) is 5.75 Å². The summed E-state index contributed by atoms with van der Waals surface area (Å²) in [5.41, 5.74) is 3.67. The molecular formula is C23H16BrCl2N3O4. The lowest BCUT2D eigenvalue weighted by atomic mass is 10.2. The first-order chi connectivity index (χ1) is 15.8. The summed E-state index contributed by atoms with van der Waals surface area (Å²) in [7, 11) is 0. The number of hydrazone groups is 1. The molecule has 7 nitrogen and oxygen atoms in total. The quantitative estimate of drug-likeness (QED) is 0.191. The summed E-state index contributed by atoms with van der Waals surface area (Å²) in [4.78, 5) is 36.2. The van der Waals surface area contributed by atoms with Gasteiger partial charge in [-0.15, -0.1) is 0 Å². The third-order valence-electron chi connectivity index (χ3n) is 4.18. The zero-order chi connectivity index (χ0) is 23.8. The van der Waals surface area contributed by atoms with Crippen molar-refractivity contribution in [1.29, 1.82) is 0 Å². The number of nitrogens with zero attached hydrogens (tertiary/aromatic N) is 1. The zero-order valence-corrected chi connectivity index (χ0v) is 19.9. The van der Waals surface area contributed by atoms with Crippen molar-refractivity contribution in [2.75, 3.05) is 6.54 Å². The van der Waals surface area contributed by atoms with Crippen LogP contribution in [0.4, 0.5) is 0 Å². The van der Waals surface area contributed by atoms with Crippen LogP contribution in [0.1, 0.15) is 26.3 Å². The van der Waals surface area contributed by atoms with Gasteiger partial charge in [-0.2, -0.15) is 5.10 Å². The topological polar surface area (TPSA) is 96.9 Å². The van der Waals surface area contributed by atoms with E-state index in [1.54, 1.807) is 48.5 Å². The van der Waals surface area contributed by atoms with Crippen LogP contribution in [0.3, 0.4) is 0 Å². The largest absolute Gasteiger partial charge is 0.423 e. The van der Waals surface area contributed by atoms with E-state index in [1.165, 1.54) is 24.4 Å². The van der Waals surface area contributed by atoms with Crippen molar-refractivity contribution in [2.24, 2.45) is 5.10 Å². The van der Waals surface area contributed by atoms with Gasteiger partial charge in [-0.3, -0.25) is 9.59 Å². The van der Waals surface area contributed by atoms with Crippen molar-refractivity contribution in [3.8, 4) is 5.75 Å². The van der Waals surface area contributed by atoms with E-state index in [0.717, 1.165) is 0 Å². The number of carbonyl (C=O) groups is 3. The summed E-state index contributed by atoms with van der Waals surface area (Å²) in [5, 5.41) is 6.87. The van der Waals surface area contributed by atoms with Gasteiger partial charge >= 0.3 is 5.97 Å². The Kier molecular flexibility index (Phi) is 8.59. The fourth-order valence-corrected chi connectivity index (χ4v) is 3.27. The van der Waals surface area contributed by atoms with E-state index >= 15 is 0 Å². The molecule has 0 saturated heterocycles. The number of amides is 2. The maximum Gasteiger partial charge on any atom is 0.344 e. The highest BCUT2D eigenvalue weighted by Gasteiger charge is 2.12. The van der Waals surface area contributed by atoms with Crippen molar-refractivity contribution in [3.05, 3.63) is 97.9 Å². The highest BCUT2D eigenvalue weighted by atomic mass is 79.9. The number of ether oxygens (including phenoxy) is 1. The van der Waals surface area contributed by atoms with Crippen LogP contribution in [0, 0.1) is 0 Å². The SMILES string of the molecule is O=C(CNC(=O)c1ccc(Cl)c(Cl)c1)NN=Cc1ccc(OC(=O)c2ccccc2Br)cc1. The molecule has 0 bridgehead atoms. The second-order valence-corrected chi connectivity index (χ2v) is 8.21. The van der Waals surface area contributed by atoms with Crippen LogP contribution in [0.2, 0.25) is 10.0 Å². The average Bonchev–Trinajstić information content (AvgIpc) is 2.80. The highest BCUT2D eigenvalue weighted by molar-refractivity contribution is 9.10. The molecule has 0 fully saturated rings. The minimum absolute atomic E-state index is 0.243. The van der Waals surface area contributed by atoms with Crippen LogP contribution in [-0.4, -0.2) is 30.5 Å². The molecule has 0 aliphatic carbocycles. The first-order valence-corrected chi connectivity index (χ1v) is 11.0. The van der Waals surface area contributed by atoms with E-state index in [2.05, 4.69) is 31.8 Å². The lowest BCUT2D eigenvalue weighted by molar-refractivity contribution is -0.120. The van der Waals surface area contributed by atoms with E-state index in [1.807, 2.05) is 0 Å². The molecule has 168 valence electrons. The third kappa shape index (κ3) is 7.15. The molecule has 10 heteroatoms. The summed E-state index contributed by atoms with van der Waals surface area (Å²) in [6.45, 7) is -0.277. The molecule has 2 amide bonds. The van der Waals surface area contributed by atoms with Crippen molar-refractivity contribution in [1.82, 2.24) is 10.7 Å². The van der Waals surface area contributed by atoms with E-state index in [4.69, 9.17) is 27.9 Å². The molecular weight excluding hydrogens is 533 g/mol. The van der Waals surface area contributed by atoms with Crippen LogP contribution < -0.4 is 15.5 Å². The molecule has 0 unspecified atom stereocenters. The Morgan fingerprint density at radius 2 is 1.70 bits per heavy atom. The molecule has 0 heterocycles.